The normalized spacial score (nSPS) is 12.4. The lowest BCUT2D eigenvalue weighted by Crippen LogP contribution is -2.16. The number of hydrogen-bond donors (Lipinski definition) is 0. The molecule has 0 fully saturated rings. The summed E-state index contributed by atoms with van der Waals surface area (Å²) in [5, 5.41) is 14.5. The van der Waals surface area contributed by atoms with Crippen LogP contribution < -0.4 is 9.80 Å². The molecule has 16 aromatic carbocycles. The van der Waals surface area contributed by atoms with Gasteiger partial charge >= 0.3 is 0 Å². The summed E-state index contributed by atoms with van der Waals surface area (Å²) in [6.07, 6.45) is 0. The maximum absolute atomic E-state index is 6.40. The van der Waals surface area contributed by atoms with Crippen LogP contribution in [0.4, 0.5) is 34.1 Å². The highest BCUT2D eigenvalue weighted by Gasteiger charge is 2.36. The van der Waals surface area contributed by atoms with Crippen LogP contribution in [0.5, 0.6) is 0 Å². The first-order valence-corrected chi connectivity index (χ1v) is 32.7. The lowest BCUT2D eigenvalue weighted by Gasteiger charge is -2.28. The number of rotatable bonds is 9. The maximum Gasteiger partial charge on any atom is 0.143 e. The van der Waals surface area contributed by atoms with E-state index in [1.807, 2.05) is 24.3 Å². The Balaban J connectivity index is 0.000000143. The fraction of sp³-hybridized carbons (Fsp3) is 0.0330. The minimum absolute atomic E-state index is 0.0624. The molecule has 19 rings (SSSR count). The number of furan rings is 2. The first-order valence-electron chi connectivity index (χ1n) is 32.7. The average molecular weight is 1220 g/mol. The molecule has 4 nitrogen and oxygen atoms in total. The van der Waals surface area contributed by atoms with Gasteiger partial charge in [-0.3, -0.25) is 0 Å². The first-order chi connectivity index (χ1) is 46.8. The molecule has 0 saturated heterocycles. The summed E-state index contributed by atoms with van der Waals surface area (Å²) in [5.74, 6) is 0. The predicted molar refractivity (Wildman–Crippen MR) is 401 cm³/mol. The van der Waals surface area contributed by atoms with Crippen molar-refractivity contribution in [3.63, 3.8) is 0 Å². The molecular formula is C91H62N2O2. The van der Waals surface area contributed by atoms with E-state index < -0.39 is 0 Å². The van der Waals surface area contributed by atoms with Crippen molar-refractivity contribution in [2.45, 2.75) is 19.3 Å². The molecule has 0 amide bonds. The van der Waals surface area contributed by atoms with Crippen LogP contribution in [0.3, 0.4) is 0 Å². The van der Waals surface area contributed by atoms with E-state index in [1.165, 1.54) is 82.2 Å². The van der Waals surface area contributed by atoms with Crippen molar-refractivity contribution in [3.8, 4) is 44.5 Å². The molecule has 2 aromatic heterocycles. The molecule has 0 aliphatic heterocycles. The van der Waals surface area contributed by atoms with E-state index in [-0.39, 0.29) is 5.41 Å². The van der Waals surface area contributed by atoms with E-state index in [1.54, 1.807) is 0 Å². The lowest BCUT2D eigenvalue weighted by molar-refractivity contribution is 0.660. The van der Waals surface area contributed by atoms with Crippen LogP contribution in [-0.4, -0.2) is 0 Å². The Morgan fingerprint density at radius 2 is 0.600 bits per heavy atom. The SMILES string of the molecule is CC1(C)c2ccccc2-c2ccc(N(c3ccc(-c4ccccc4)cc3)c3ccc4c(ccc5ccccc54)c3)cc21.c1ccc2c(c1)ccc1ccc(N(c3ccc(-c4cccc5c4oc4ccccc45)cc3)c3ccc(-c4cccc5c4oc4ccccc45)cc3)cc12. The molecule has 1 aliphatic carbocycles. The van der Waals surface area contributed by atoms with Gasteiger partial charge in [-0.25, -0.2) is 0 Å². The molecule has 0 spiro atoms. The quantitative estimate of drug-likeness (QED) is 0.135. The van der Waals surface area contributed by atoms with E-state index >= 15 is 0 Å². The third-order valence-electron chi connectivity index (χ3n) is 19.7. The molecule has 0 saturated carbocycles. The molecular weight excluding hydrogens is 1150 g/mol. The second kappa shape index (κ2) is 22.6. The van der Waals surface area contributed by atoms with Crippen LogP contribution in [0.25, 0.3) is 131 Å². The highest BCUT2D eigenvalue weighted by Crippen LogP contribution is 2.51. The summed E-state index contributed by atoms with van der Waals surface area (Å²) in [6, 6.07) is 122. The average Bonchev–Trinajstić information content (AvgIpc) is 1.65. The fourth-order valence-electron chi connectivity index (χ4n) is 15.0. The maximum atomic E-state index is 6.40. The highest BCUT2D eigenvalue weighted by atomic mass is 16.3. The van der Waals surface area contributed by atoms with Crippen molar-refractivity contribution in [3.05, 3.63) is 351 Å². The Labute approximate surface area is 551 Å². The molecule has 0 atom stereocenters. The van der Waals surface area contributed by atoms with Gasteiger partial charge in [-0.2, -0.15) is 0 Å². The van der Waals surface area contributed by atoms with E-state index in [4.69, 9.17) is 8.83 Å². The van der Waals surface area contributed by atoms with Gasteiger partial charge in [0.1, 0.15) is 22.3 Å². The van der Waals surface area contributed by atoms with Gasteiger partial charge in [-0.05, 0) is 173 Å². The smallest absolute Gasteiger partial charge is 0.143 e. The van der Waals surface area contributed by atoms with Crippen molar-refractivity contribution >= 4 is 121 Å². The van der Waals surface area contributed by atoms with Crippen LogP contribution in [0, 0.1) is 0 Å². The van der Waals surface area contributed by atoms with Gasteiger partial charge in [0.15, 0.2) is 0 Å². The Kier molecular flexibility index (Phi) is 13.2. The largest absolute Gasteiger partial charge is 0.455 e. The van der Waals surface area contributed by atoms with Crippen LogP contribution in [0.2, 0.25) is 0 Å². The summed E-state index contributed by atoms with van der Waals surface area (Å²) in [7, 11) is 0. The Morgan fingerprint density at radius 3 is 1.21 bits per heavy atom. The van der Waals surface area contributed by atoms with Crippen LogP contribution in [0.1, 0.15) is 25.0 Å². The van der Waals surface area contributed by atoms with Crippen LogP contribution in [-0.2, 0) is 5.41 Å². The van der Waals surface area contributed by atoms with Gasteiger partial charge in [-0.1, -0.05) is 269 Å². The fourth-order valence-corrected chi connectivity index (χ4v) is 15.0. The minimum atomic E-state index is -0.0624. The van der Waals surface area contributed by atoms with Crippen molar-refractivity contribution in [2.75, 3.05) is 9.80 Å². The van der Waals surface area contributed by atoms with Crippen LogP contribution in [0.15, 0.2) is 349 Å². The van der Waals surface area contributed by atoms with Crippen molar-refractivity contribution in [1.82, 2.24) is 0 Å². The van der Waals surface area contributed by atoms with E-state index in [0.717, 1.165) is 94.6 Å². The number of fused-ring (bicyclic) bond motifs is 15. The Bertz CT molecular complexity index is 5840. The number of hydrogen-bond acceptors (Lipinski definition) is 4. The van der Waals surface area contributed by atoms with Gasteiger partial charge in [0, 0.05) is 72.2 Å². The molecule has 0 N–H and O–H groups in total. The van der Waals surface area contributed by atoms with Gasteiger partial charge in [0.2, 0.25) is 0 Å². The number of anilines is 6. The number of benzene rings is 16. The molecule has 18 aromatic rings. The zero-order valence-corrected chi connectivity index (χ0v) is 52.5. The second-order valence-electron chi connectivity index (χ2n) is 25.5. The van der Waals surface area contributed by atoms with Crippen LogP contribution >= 0.6 is 0 Å². The second-order valence-corrected chi connectivity index (χ2v) is 25.5. The molecule has 1 aliphatic rings. The topological polar surface area (TPSA) is 32.8 Å². The van der Waals surface area contributed by atoms with Gasteiger partial charge in [-0.15, -0.1) is 0 Å². The third kappa shape index (κ3) is 9.52. The van der Waals surface area contributed by atoms with Crippen molar-refractivity contribution in [1.29, 1.82) is 0 Å². The molecule has 448 valence electrons. The molecule has 0 radical (unpaired) electrons. The third-order valence-corrected chi connectivity index (χ3v) is 19.7. The highest BCUT2D eigenvalue weighted by molar-refractivity contribution is 6.13. The summed E-state index contributed by atoms with van der Waals surface area (Å²) in [6.45, 7) is 4.70. The lowest BCUT2D eigenvalue weighted by atomic mass is 9.82. The zero-order chi connectivity index (χ0) is 63.1. The summed E-state index contributed by atoms with van der Waals surface area (Å²) >= 11 is 0. The molecule has 95 heavy (non-hydrogen) atoms. The summed E-state index contributed by atoms with van der Waals surface area (Å²) < 4.78 is 12.8. The Morgan fingerprint density at radius 1 is 0.221 bits per heavy atom. The van der Waals surface area contributed by atoms with E-state index in [9.17, 15) is 0 Å². The predicted octanol–water partition coefficient (Wildman–Crippen LogP) is 26.0. The minimum Gasteiger partial charge on any atom is -0.455 e. The van der Waals surface area contributed by atoms with Crippen molar-refractivity contribution < 1.29 is 8.83 Å². The van der Waals surface area contributed by atoms with Gasteiger partial charge in [0.05, 0.1) is 0 Å². The van der Waals surface area contributed by atoms with Gasteiger partial charge in [0.25, 0.3) is 0 Å². The molecule has 0 unspecified atom stereocenters. The monoisotopic (exact) mass is 1210 g/mol. The summed E-state index contributed by atoms with van der Waals surface area (Å²) in [5.41, 5.74) is 22.5. The summed E-state index contributed by atoms with van der Waals surface area (Å²) in [4.78, 5) is 4.75. The van der Waals surface area contributed by atoms with E-state index in [2.05, 4.69) is 339 Å². The number of nitrogens with zero attached hydrogens (tertiary/aromatic N) is 2. The molecule has 0 bridgehead atoms. The van der Waals surface area contributed by atoms with E-state index in [0.29, 0.717) is 0 Å². The van der Waals surface area contributed by atoms with Crippen molar-refractivity contribution in [2.24, 2.45) is 0 Å². The molecule has 2 heterocycles. The Hall–Kier alpha value is -12.2. The molecule has 4 heteroatoms. The number of para-hydroxylation sites is 4. The van der Waals surface area contributed by atoms with Gasteiger partial charge < -0.3 is 18.6 Å². The first kappa shape index (κ1) is 55.6. The zero-order valence-electron chi connectivity index (χ0n) is 52.5. The standard InChI is InChI=1S/C50H31NO2.C41H31N/c1-2-10-39-32(9-1)19-20-35-25-30-38(31-46(35)39)51(36-26-21-33(22-27-36)40-13-7-15-44-42-11-3-5-17-47(42)52-49(40)44)37-28-23-34(24-29-37)41-14-8-16-45-43-12-4-6-18-48(43)53-50(41)45;1-41(2)39-15-9-8-14-37(39)38-25-23-34(27-40(38)41)42(32-20-18-29(19-21-32)28-10-4-3-5-11-28)33-22-24-36-31(26-33)17-16-30-12-6-7-13-35(30)36/h1-31H;3-27H,1-2H3.